The Bertz CT molecular complexity index is 255. The van der Waals surface area contributed by atoms with Crippen LogP contribution in [-0.2, 0) is 0 Å². The number of nitrogens with zero attached hydrogens (tertiary/aromatic N) is 3. The lowest BCUT2D eigenvalue weighted by molar-refractivity contribution is 0.993. The van der Waals surface area contributed by atoms with Crippen molar-refractivity contribution in [2.45, 2.75) is 0 Å². The monoisotopic (exact) mass is 149 g/mol. The third-order valence-corrected chi connectivity index (χ3v) is 1.27. The fourth-order valence-electron chi connectivity index (χ4n) is 0.691. The quantitative estimate of drug-likeness (QED) is 0.632. The molecule has 1 heterocycles. The summed E-state index contributed by atoms with van der Waals surface area (Å²) in [6, 6.07) is 1.82. The Kier molecular flexibility index (Phi) is 2.21. The first-order valence-electron chi connectivity index (χ1n) is 3.37. The second kappa shape index (κ2) is 3.14. The maximum atomic E-state index is 4.19. The van der Waals surface area contributed by atoms with Crippen LogP contribution >= 0.6 is 0 Å². The van der Waals surface area contributed by atoms with Gasteiger partial charge in [-0.3, -0.25) is 0 Å². The molecule has 0 aliphatic heterocycles. The van der Waals surface area contributed by atoms with Crippen molar-refractivity contribution >= 4 is 12.0 Å². The fraction of sp³-hybridized carbons (Fsp3) is 0.250. The lowest BCUT2D eigenvalue weighted by Gasteiger charge is -2.08. The van der Waals surface area contributed by atoms with E-state index in [4.69, 9.17) is 0 Å². The van der Waals surface area contributed by atoms with Gasteiger partial charge in [-0.1, -0.05) is 6.58 Å². The summed E-state index contributed by atoms with van der Waals surface area (Å²) in [6.45, 7) is 3.62. The van der Waals surface area contributed by atoms with Gasteiger partial charge in [0.05, 0.1) is 5.69 Å². The Morgan fingerprint density at radius 2 is 2.27 bits per heavy atom. The van der Waals surface area contributed by atoms with Crippen LogP contribution in [0.3, 0.4) is 0 Å². The van der Waals surface area contributed by atoms with Crippen molar-refractivity contribution in [3.8, 4) is 0 Å². The molecule has 0 fully saturated rings. The molecular formula is C8H11N3. The fourth-order valence-corrected chi connectivity index (χ4v) is 0.691. The highest BCUT2D eigenvalue weighted by atomic mass is 15.2. The first-order valence-corrected chi connectivity index (χ1v) is 3.37. The number of hydrogen-bond acceptors (Lipinski definition) is 3. The molecule has 1 rings (SSSR count). The third kappa shape index (κ3) is 1.77. The van der Waals surface area contributed by atoms with E-state index in [2.05, 4.69) is 16.5 Å². The highest BCUT2D eigenvalue weighted by molar-refractivity contribution is 5.43. The Hall–Kier alpha value is -1.38. The molecule has 1 aromatic rings. The maximum absolute atomic E-state index is 4.19. The van der Waals surface area contributed by atoms with Gasteiger partial charge in [0.2, 0.25) is 5.95 Å². The van der Waals surface area contributed by atoms with Crippen LogP contribution in [0, 0.1) is 0 Å². The molecule has 0 saturated carbocycles. The average molecular weight is 149 g/mol. The van der Waals surface area contributed by atoms with Crippen molar-refractivity contribution in [2.24, 2.45) is 0 Å². The summed E-state index contributed by atoms with van der Waals surface area (Å²) in [5.41, 5.74) is 0.851. The highest BCUT2D eigenvalue weighted by Gasteiger charge is 1.96. The predicted molar refractivity (Wildman–Crippen MR) is 46.5 cm³/mol. The Morgan fingerprint density at radius 1 is 1.55 bits per heavy atom. The molecule has 3 nitrogen and oxygen atoms in total. The molecule has 3 heteroatoms. The van der Waals surface area contributed by atoms with Gasteiger partial charge >= 0.3 is 0 Å². The topological polar surface area (TPSA) is 29.0 Å². The van der Waals surface area contributed by atoms with E-state index in [9.17, 15) is 0 Å². The van der Waals surface area contributed by atoms with Gasteiger partial charge in [-0.25, -0.2) is 9.97 Å². The summed E-state index contributed by atoms with van der Waals surface area (Å²) in [5.74, 6) is 0.711. The molecule has 0 amide bonds. The van der Waals surface area contributed by atoms with Crippen LogP contribution in [0.5, 0.6) is 0 Å². The molecule has 0 bridgehead atoms. The molecular weight excluding hydrogens is 138 g/mol. The first-order chi connectivity index (χ1) is 5.24. The van der Waals surface area contributed by atoms with Crippen LogP contribution < -0.4 is 4.90 Å². The van der Waals surface area contributed by atoms with Crippen molar-refractivity contribution in [1.82, 2.24) is 9.97 Å². The van der Waals surface area contributed by atoms with Crippen molar-refractivity contribution in [2.75, 3.05) is 19.0 Å². The number of anilines is 1. The minimum absolute atomic E-state index is 0.711. The Labute approximate surface area is 66.4 Å². The molecule has 11 heavy (non-hydrogen) atoms. The molecule has 0 unspecified atom stereocenters. The van der Waals surface area contributed by atoms with E-state index in [0.717, 1.165) is 5.69 Å². The minimum Gasteiger partial charge on any atom is -0.347 e. The van der Waals surface area contributed by atoms with Crippen LogP contribution in [0.4, 0.5) is 5.95 Å². The lowest BCUT2D eigenvalue weighted by Crippen LogP contribution is -2.12. The van der Waals surface area contributed by atoms with Crippen molar-refractivity contribution in [1.29, 1.82) is 0 Å². The van der Waals surface area contributed by atoms with E-state index in [1.54, 1.807) is 12.3 Å². The molecule has 0 N–H and O–H groups in total. The zero-order chi connectivity index (χ0) is 8.27. The van der Waals surface area contributed by atoms with Crippen LogP contribution in [0.1, 0.15) is 5.69 Å². The molecule has 0 aliphatic carbocycles. The lowest BCUT2D eigenvalue weighted by atomic mass is 10.4. The van der Waals surface area contributed by atoms with Gasteiger partial charge in [-0.05, 0) is 12.1 Å². The molecule has 58 valence electrons. The summed E-state index contributed by atoms with van der Waals surface area (Å²) >= 11 is 0. The van der Waals surface area contributed by atoms with Gasteiger partial charge in [0, 0.05) is 20.3 Å². The van der Waals surface area contributed by atoms with Gasteiger partial charge in [0.15, 0.2) is 0 Å². The zero-order valence-electron chi connectivity index (χ0n) is 6.78. The van der Waals surface area contributed by atoms with Crippen LogP contribution in [0.2, 0.25) is 0 Å². The molecule has 0 aliphatic rings. The van der Waals surface area contributed by atoms with E-state index >= 15 is 0 Å². The zero-order valence-corrected chi connectivity index (χ0v) is 6.78. The minimum atomic E-state index is 0.711. The summed E-state index contributed by atoms with van der Waals surface area (Å²) < 4.78 is 0. The molecule has 0 aromatic carbocycles. The van der Waals surface area contributed by atoms with E-state index in [1.807, 2.05) is 25.1 Å². The van der Waals surface area contributed by atoms with Gasteiger partial charge in [0.25, 0.3) is 0 Å². The van der Waals surface area contributed by atoms with E-state index < -0.39 is 0 Å². The Balaban J connectivity index is 3.00. The summed E-state index contributed by atoms with van der Waals surface area (Å²) in [5, 5.41) is 0. The SMILES string of the molecule is C=Cc1ccnc(N(C)C)n1. The van der Waals surface area contributed by atoms with Gasteiger partial charge in [-0.15, -0.1) is 0 Å². The van der Waals surface area contributed by atoms with E-state index in [0.29, 0.717) is 5.95 Å². The van der Waals surface area contributed by atoms with Gasteiger partial charge in [-0.2, -0.15) is 0 Å². The van der Waals surface area contributed by atoms with Gasteiger partial charge in [0.1, 0.15) is 0 Å². The van der Waals surface area contributed by atoms with Crippen molar-refractivity contribution < 1.29 is 0 Å². The van der Waals surface area contributed by atoms with Crippen LogP contribution in [-0.4, -0.2) is 24.1 Å². The summed E-state index contributed by atoms with van der Waals surface area (Å²) in [6.07, 6.45) is 3.42. The normalized spacial score (nSPS) is 9.27. The van der Waals surface area contributed by atoms with E-state index in [1.165, 1.54) is 0 Å². The van der Waals surface area contributed by atoms with Crippen LogP contribution in [0.25, 0.3) is 6.08 Å². The standard InChI is InChI=1S/C8H11N3/c1-4-7-5-6-9-8(10-7)11(2)3/h4-6H,1H2,2-3H3. The smallest absolute Gasteiger partial charge is 0.225 e. The number of rotatable bonds is 2. The van der Waals surface area contributed by atoms with Crippen LogP contribution in [0.15, 0.2) is 18.8 Å². The largest absolute Gasteiger partial charge is 0.347 e. The second-order valence-corrected chi connectivity index (χ2v) is 2.38. The summed E-state index contributed by atoms with van der Waals surface area (Å²) in [4.78, 5) is 10.1. The molecule has 0 radical (unpaired) electrons. The summed E-state index contributed by atoms with van der Waals surface area (Å²) in [7, 11) is 3.81. The number of hydrogen-bond donors (Lipinski definition) is 0. The van der Waals surface area contributed by atoms with E-state index in [-0.39, 0.29) is 0 Å². The first kappa shape index (κ1) is 7.72. The number of aromatic nitrogens is 2. The third-order valence-electron chi connectivity index (χ3n) is 1.27. The molecule has 0 saturated heterocycles. The highest BCUT2D eigenvalue weighted by Crippen LogP contribution is 2.03. The average Bonchev–Trinajstić information content (AvgIpc) is 2.05. The van der Waals surface area contributed by atoms with Crippen molar-refractivity contribution in [3.63, 3.8) is 0 Å². The molecule has 0 atom stereocenters. The van der Waals surface area contributed by atoms with Crippen molar-refractivity contribution in [3.05, 3.63) is 24.5 Å². The Morgan fingerprint density at radius 3 is 2.82 bits per heavy atom. The molecule has 1 aromatic heterocycles. The van der Waals surface area contributed by atoms with Gasteiger partial charge < -0.3 is 4.90 Å². The predicted octanol–water partition coefficient (Wildman–Crippen LogP) is 1.19. The molecule has 0 spiro atoms. The maximum Gasteiger partial charge on any atom is 0.225 e. The second-order valence-electron chi connectivity index (χ2n) is 2.38.